The molecule has 0 spiro atoms. The second kappa shape index (κ2) is 8.92. The quantitative estimate of drug-likeness (QED) is 0.708. The number of hydrogen-bond acceptors (Lipinski definition) is 2. The summed E-state index contributed by atoms with van der Waals surface area (Å²) in [5.74, 6) is 0. The van der Waals surface area contributed by atoms with Crippen molar-refractivity contribution in [3.05, 3.63) is 0 Å². The van der Waals surface area contributed by atoms with Gasteiger partial charge in [-0.1, -0.05) is 33.6 Å². The molecule has 2 nitrogen and oxygen atoms in total. The SMILES string of the molecule is CCCNC(CC)C(C)N1CCCCC1CCC. The van der Waals surface area contributed by atoms with E-state index in [1.165, 1.54) is 51.5 Å². The molecule has 1 N–H and O–H groups in total. The van der Waals surface area contributed by atoms with Crippen LogP contribution in [0.3, 0.4) is 0 Å². The Hall–Kier alpha value is -0.0800. The van der Waals surface area contributed by atoms with Crippen molar-refractivity contribution in [2.24, 2.45) is 0 Å². The molecule has 108 valence electrons. The van der Waals surface area contributed by atoms with Crippen LogP contribution < -0.4 is 5.32 Å². The van der Waals surface area contributed by atoms with Gasteiger partial charge in [0.05, 0.1) is 0 Å². The Bertz CT molecular complexity index is 203. The fourth-order valence-electron chi connectivity index (χ4n) is 3.42. The molecule has 0 bridgehead atoms. The summed E-state index contributed by atoms with van der Waals surface area (Å²) < 4.78 is 0. The topological polar surface area (TPSA) is 15.3 Å². The average molecular weight is 254 g/mol. The average Bonchev–Trinajstić information content (AvgIpc) is 2.40. The van der Waals surface area contributed by atoms with E-state index >= 15 is 0 Å². The van der Waals surface area contributed by atoms with Crippen LogP contribution in [-0.4, -0.2) is 36.1 Å². The molecule has 0 radical (unpaired) electrons. The van der Waals surface area contributed by atoms with Crippen molar-refractivity contribution in [1.82, 2.24) is 10.2 Å². The minimum Gasteiger partial charge on any atom is -0.312 e. The van der Waals surface area contributed by atoms with Crippen molar-refractivity contribution in [3.8, 4) is 0 Å². The molecule has 1 rings (SSSR count). The molecule has 1 heterocycles. The van der Waals surface area contributed by atoms with Crippen molar-refractivity contribution < 1.29 is 0 Å². The standard InChI is InChI=1S/C16H34N2/c1-5-10-15-11-8-9-13-18(15)14(4)16(7-3)17-12-6-2/h14-17H,5-13H2,1-4H3. The van der Waals surface area contributed by atoms with Crippen LogP contribution in [0.1, 0.15) is 72.6 Å². The number of hydrogen-bond donors (Lipinski definition) is 1. The van der Waals surface area contributed by atoms with Crippen molar-refractivity contribution in [1.29, 1.82) is 0 Å². The van der Waals surface area contributed by atoms with E-state index in [1.54, 1.807) is 0 Å². The van der Waals surface area contributed by atoms with E-state index in [0.29, 0.717) is 12.1 Å². The summed E-state index contributed by atoms with van der Waals surface area (Å²) in [5, 5.41) is 3.74. The molecule has 3 atom stereocenters. The lowest BCUT2D eigenvalue weighted by Gasteiger charge is -2.43. The van der Waals surface area contributed by atoms with Gasteiger partial charge in [0.1, 0.15) is 0 Å². The Balaban J connectivity index is 2.56. The van der Waals surface area contributed by atoms with Crippen LogP contribution in [0, 0.1) is 0 Å². The van der Waals surface area contributed by atoms with Crippen molar-refractivity contribution in [3.63, 3.8) is 0 Å². The number of nitrogens with zero attached hydrogens (tertiary/aromatic N) is 1. The molecule has 1 aliphatic heterocycles. The van der Waals surface area contributed by atoms with Gasteiger partial charge in [-0.2, -0.15) is 0 Å². The lowest BCUT2D eigenvalue weighted by Crippen LogP contribution is -2.53. The Kier molecular flexibility index (Phi) is 7.92. The van der Waals surface area contributed by atoms with Gasteiger partial charge in [0.2, 0.25) is 0 Å². The first-order valence-corrected chi connectivity index (χ1v) is 8.23. The zero-order chi connectivity index (χ0) is 13.4. The Labute approximate surface area is 115 Å². The zero-order valence-electron chi connectivity index (χ0n) is 13.0. The third kappa shape index (κ3) is 4.55. The highest BCUT2D eigenvalue weighted by atomic mass is 15.2. The van der Waals surface area contributed by atoms with E-state index in [2.05, 4.69) is 37.9 Å². The highest BCUT2D eigenvalue weighted by Crippen LogP contribution is 2.24. The van der Waals surface area contributed by atoms with E-state index < -0.39 is 0 Å². The minimum absolute atomic E-state index is 0.669. The molecular weight excluding hydrogens is 220 g/mol. The fraction of sp³-hybridized carbons (Fsp3) is 1.00. The minimum atomic E-state index is 0.669. The van der Waals surface area contributed by atoms with Gasteiger partial charge in [-0.25, -0.2) is 0 Å². The van der Waals surface area contributed by atoms with E-state index in [4.69, 9.17) is 0 Å². The second-order valence-electron chi connectivity index (χ2n) is 5.89. The summed E-state index contributed by atoms with van der Waals surface area (Å²) in [4.78, 5) is 2.80. The molecule has 0 aliphatic carbocycles. The number of rotatable bonds is 8. The maximum Gasteiger partial charge on any atom is 0.0223 e. The van der Waals surface area contributed by atoms with Crippen LogP contribution in [0.4, 0.5) is 0 Å². The van der Waals surface area contributed by atoms with Gasteiger partial charge in [0.25, 0.3) is 0 Å². The predicted molar refractivity (Wildman–Crippen MR) is 81.1 cm³/mol. The second-order valence-corrected chi connectivity index (χ2v) is 5.89. The molecule has 1 fully saturated rings. The normalized spacial score (nSPS) is 25.0. The molecule has 1 aliphatic rings. The monoisotopic (exact) mass is 254 g/mol. The molecule has 0 aromatic heterocycles. The molecule has 0 saturated carbocycles. The maximum atomic E-state index is 3.74. The molecule has 1 saturated heterocycles. The van der Waals surface area contributed by atoms with Crippen LogP contribution in [0.2, 0.25) is 0 Å². The molecule has 0 aromatic carbocycles. The lowest BCUT2D eigenvalue weighted by molar-refractivity contribution is 0.0745. The largest absolute Gasteiger partial charge is 0.312 e. The van der Waals surface area contributed by atoms with Crippen LogP contribution >= 0.6 is 0 Å². The molecule has 0 amide bonds. The summed E-state index contributed by atoms with van der Waals surface area (Å²) in [6, 6.07) is 2.21. The summed E-state index contributed by atoms with van der Waals surface area (Å²) in [6.45, 7) is 11.8. The number of likely N-dealkylation sites (tertiary alicyclic amines) is 1. The summed E-state index contributed by atoms with van der Waals surface area (Å²) in [5.41, 5.74) is 0. The van der Waals surface area contributed by atoms with E-state index in [1.807, 2.05) is 0 Å². The zero-order valence-corrected chi connectivity index (χ0v) is 13.0. The van der Waals surface area contributed by atoms with Gasteiger partial charge in [-0.05, 0) is 52.1 Å². The first-order valence-electron chi connectivity index (χ1n) is 8.23. The smallest absolute Gasteiger partial charge is 0.0223 e. The van der Waals surface area contributed by atoms with Gasteiger partial charge in [-0.3, -0.25) is 4.90 Å². The lowest BCUT2D eigenvalue weighted by atomic mass is 9.94. The van der Waals surface area contributed by atoms with Crippen molar-refractivity contribution >= 4 is 0 Å². The van der Waals surface area contributed by atoms with Crippen LogP contribution in [0.5, 0.6) is 0 Å². The number of nitrogens with one attached hydrogen (secondary N) is 1. The number of piperidine rings is 1. The Morgan fingerprint density at radius 1 is 1.17 bits per heavy atom. The van der Waals surface area contributed by atoms with Gasteiger partial charge in [0.15, 0.2) is 0 Å². The van der Waals surface area contributed by atoms with Gasteiger partial charge < -0.3 is 5.32 Å². The third-order valence-electron chi connectivity index (χ3n) is 4.50. The highest BCUT2D eigenvalue weighted by molar-refractivity contribution is 4.87. The Morgan fingerprint density at radius 3 is 2.56 bits per heavy atom. The van der Waals surface area contributed by atoms with Gasteiger partial charge in [-0.15, -0.1) is 0 Å². The van der Waals surface area contributed by atoms with Crippen molar-refractivity contribution in [2.45, 2.75) is 90.8 Å². The molecule has 3 unspecified atom stereocenters. The molecule has 2 heteroatoms. The van der Waals surface area contributed by atoms with Crippen molar-refractivity contribution in [2.75, 3.05) is 13.1 Å². The molecular formula is C16H34N2. The molecule has 0 aromatic rings. The van der Waals surface area contributed by atoms with E-state index in [-0.39, 0.29) is 0 Å². The van der Waals surface area contributed by atoms with E-state index in [0.717, 1.165) is 12.6 Å². The van der Waals surface area contributed by atoms with Gasteiger partial charge >= 0.3 is 0 Å². The molecule has 18 heavy (non-hydrogen) atoms. The van der Waals surface area contributed by atoms with E-state index in [9.17, 15) is 0 Å². The van der Waals surface area contributed by atoms with Crippen LogP contribution in [0.25, 0.3) is 0 Å². The highest BCUT2D eigenvalue weighted by Gasteiger charge is 2.29. The maximum absolute atomic E-state index is 3.74. The van der Waals surface area contributed by atoms with Gasteiger partial charge in [0, 0.05) is 18.1 Å². The first-order chi connectivity index (χ1) is 8.74. The Morgan fingerprint density at radius 2 is 1.94 bits per heavy atom. The first kappa shape index (κ1) is 16.0. The summed E-state index contributed by atoms with van der Waals surface area (Å²) >= 11 is 0. The predicted octanol–water partition coefficient (Wildman–Crippen LogP) is 3.81. The fourth-order valence-corrected chi connectivity index (χ4v) is 3.42. The third-order valence-corrected chi connectivity index (χ3v) is 4.50. The summed E-state index contributed by atoms with van der Waals surface area (Å²) in [6.07, 6.45) is 9.45. The van der Waals surface area contributed by atoms with Crippen LogP contribution in [0.15, 0.2) is 0 Å². The van der Waals surface area contributed by atoms with Crippen LogP contribution in [-0.2, 0) is 0 Å². The summed E-state index contributed by atoms with van der Waals surface area (Å²) in [7, 11) is 0.